The first-order valence-corrected chi connectivity index (χ1v) is 22.5. The average Bonchev–Trinajstić information content (AvgIpc) is 3.15. The molecule has 0 rings (SSSR count). The molecule has 0 aromatic rings. The fourth-order valence-corrected chi connectivity index (χ4v) is 6.77. The van der Waals surface area contributed by atoms with E-state index in [9.17, 15) is 15.0 Å². The van der Waals surface area contributed by atoms with E-state index in [0.717, 1.165) is 25.7 Å². The smallest absolute Gasteiger partial charge is 0.244 e. The number of rotatable bonds is 41. The van der Waals surface area contributed by atoms with E-state index >= 15 is 0 Å². The average molecular weight is 730 g/mol. The first-order valence-electron chi connectivity index (χ1n) is 22.5. The molecule has 0 bridgehead atoms. The second kappa shape index (κ2) is 43.7. The van der Waals surface area contributed by atoms with Crippen LogP contribution in [0.15, 0.2) is 48.6 Å². The molecular formula is C47H87NO4. The number of carbonyl (C=O) groups excluding carboxylic acids is 1. The maximum Gasteiger partial charge on any atom is 0.244 e. The summed E-state index contributed by atoms with van der Waals surface area (Å²) in [5, 5.41) is 31.6. The van der Waals surface area contributed by atoms with Gasteiger partial charge in [-0.2, -0.15) is 0 Å². The van der Waals surface area contributed by atoms with Crippen LogP contribution in [-0.2, 0) is 4.79 Å². The predicted octanol–water partition coefficient (Wildman–Crippen LogP) is 12.9. The van der Waals surface area contributed by atoms with Crippen LogP contribution < -0.4 is 5.32 Å². The predicted molar refractivity (Wildman–Crippen MR) is 227 cm³/mol. The topological polar surface area (TPSA) is 89.8 Å². The number of carbonyl (C=O) groups is 1. The van der Waals surface area contributed by atoms with E-state index in [1.807, 2.05) is 24.3 Å². The van der Waals surface area contributed by atoms with Crippen LogP contribution in [0.25, 0.3) is 0 Å². The molecule has 0 spiro atoms. The second-order valence-electron chi connectivity index (χ2n) is 15.3. The first kappa shape index (κ1) is 50.3. The Morgan fingerprint density at radius 1 is 0.481 bits per heavy atom. The summed E-state index contributed by atoms with van der Waals surface area (Å²) in [4.78, 5) is 12.3. The van der Waals surface area contributed by atoms with Gasteiger partial charge in [0.05, 0.1) is 18.8 Å². The van der Waals surface area contributed by atoms with Crippen LogP contribution >= 0.6 is 0 Å². The summed E-state index contributed by atoms with van der Waals surface area (Å²) in [5.41, 5.74) is 0. The highest BCUT2D eigenvalue weighted by Gasteiger charge is 2.16. The maximum atomic E-state index is 12.3. The van der Waals surface area contributed by atoms with Crippen molar-refractivity contribution < 1.29 is 20.1 Å². The van der Waals surface area contributed by atoms with Gasteiger partial charge in [0, 0.05) is 12.7 Å². The van der Waals surface area contributed by atoms with Crippen LogP contribution in [0.2, 0.25) is 0 Å². The lowest BCUT2D eigenvalue weighted by Crippen LogP contribution is -2.44. The fourth-order valence-electron chi connectivity index (χ4n) is 6.77. The number of aliphatic hydroxyl groups excluding tert-OH is 3. The monoisotopic (exact) mass is 730 g/mol. The molecule has 2 unspecified atom stereocenters. The largest absolute Gasteiger partial charge is 0.396 e. The van der Waals surface area contributed by atoms with Crippen LogP contribution in [-0.4, -0.2) is 46.6 Å². The number of hydrogen-bond donors (Lipinski definition) is 4. The second-order valence-corrected chi connectivity index (χ2v) is 15.3. The molecule has 0 fully saturated rings. The number of allylic oxidation sites excluding steroid dienone is 6. The van der Waals surface area contributed by atoms with Crippen molar-refractivity contribution in [2.45, 2.75) is 231 Å². The van der Waals surface area contributed by atoms with Gasteiger partial charge in [-0.3, -0.25) is 4.79 Å². The molecule has 52 heavy (non-hydrogen) atoms. The van der Waals surface area contributed by atoms with Crippen molar-refractivity contribution in [3.63, 3.8) is 0 Å². The number of amides is 1. The summed E-state index contributed by atoms with van der Waals surface area (Å²) in [6, 6.07) is -0.709. The molecule has 304 valence electrons. The van der Waals surface area contributed by atoms with E-state index in [4.69, 9.17) is 5.11 Å². The van der Waals surface area contributed by atoms with E-state index < -0.39 is 12.1 Å². The van der Waals surface area contributed by atoms with Gasteiger partial charge in [-0.25, -0.2) is 0 Å². The van der Waals surface area contributed by atoms with Crippen molar-refractivity contribution in [2.24, 2.45) is 0 Å². The summed E-state index contributed by atoms with van der Waals surface area (Å²) in [7, 11) is 0. The number of aliphatic hydroxyl groups is 3. The number of hydrogen-bond acceptors (Lipinski definition) is 4. The molecule has 0 aliphatic rings. The number of unbranched alkanes of at least 4 members (excludes halogenated alkanes) is 31. The van der Waals surface area contributed by atoms with E-state index in [-0.39, 0.29) is 12.5 Å². The Morgan fingerprint density at radius 2 is 0.846 bits per heavy atom. The van der Waals surface area contributed by atoms with E-state index in [1.54, 1.807) is 12.2 Å². The molecule has 0 aromatic heterocycles. The molecular weight excluding hydrogens is 643 g/mol. The Labute approximate surface area is 323 Å². The van der Waals surface area contributed by atoms with Crippen molar-refractivity contribution >= 4 is 5.91 Å². The minimum absolute atomic E-state index is 0.308. The molecule has 0 heterocycles. The zero-order chi connectivity index (χ0) is 37.8. The SMILES string of the molecule is CCCCCCCCCCCCCCC=CC(O)C(CO)NC(=O)C=CC=CC=CCCCCCCCCCCCCCCCCCCCCCO. The molecule has 0 radical (unpaired) electrons. The normalized spacial score (nSPS) is 13.4. The highest BCUT2D eigenvalue weighted by Crippen LogP contribution is 2.16. The Balaban J connectivity index is 3.64. The van der Waals surface area contributed by atoms with Gasteiger partial charge in [0.2, 0.25) is 5.91 Å². The molecule has 5 nitrogen and oxygen atoms in total. The Morgan fingerprint density at radius 3 is 1.25 bits per heavy atom. The number of nitrogens with one attached hydrogen (secondary N) is 1. The summed E-state index contributed by atoms with van der Waals surface area (Å²) in [5.74, 6) is -0.319. The third-order valence-electron chi connectivity index (χ3n) is 10.2. The fraction of sp³-hybridized carbons (Fsp3) is 0.809. The quantitative estimate of drug-likeness (QED) is 0.0218. The molecule has 5 heteroatoms. The lowest BCUT2D eigenvalue weighted by atomic mass is 10.0. The van der Waals surface area contributed by atoms with Crippen molar-refractivity contribution in [1.82, 2.24) is 5.32 Å². The summed E-state index contributed by atoms with van der Waals surface area (Å²) < 4.78 is 0. The van der Waals surface area contributed by atoms with Crippen LogP contribution in [0, 0.1) is 0 Å². The summed E-state index contributed by atoms with van der Waals surface area (Å²) >= 11 is 0. The van der Waals surface area contributed by atoms with Crippen LogP contribution in [0.5, 0.6) is 0 Å². The van der Waals surface area contributed by atoms with Crippen LogP contribution in [0.3, 0.4) is 0 Å². The third kappa shape index (κ3) is 39.5. The molecule has 0 aliphatic carbocycles. The van der Waals surface area contributed by atoms with E-state index in [2.05, 4.69) is 18.3 Å². The van der Waals surface area contributed by atoms with E-state index in [0.29, 0.717) is 6.61 Å². The lowest BCUT2D eigenvalue weighted by Gasteiger charge is -2.18. The highest BCUT2D eigenvalue weighted by atomic mass is 16.3. The zero-order valence-electron chi connectivity index (χ0n) is 34.3. The van der Waals surface area contributed by atoms with Gasteiger partial charge in [0.25, 0.3) is 0 Å². The Kier molecular flexibility index (Phi) is 42.3. The van der Waals surface area contributed by atoms with E-state index in [1.165, 1.54) is 192 Å². The minimum atomic E-state index is -0.900. The summed E-state index contributed by atoms with van der Waals surface area (Å²) in [6.45, 7) is 2.31. The van der Waals surface area contributed by atoms with Gasteiger partial charge in [-0.05, 0) is 32.1 Å². The molecule has 2 atom stereocenters. The molecule has 0 aromatic carbocycles. The third-order valence-corrected chi connectivity index (χ3v) is 10.2. The molecule has 0 saturated carbocycles. The lowest BCUT2D eigenvalue weighted by molar-refractivity contribution is -0.118. The molecule has 0 aliphatic heterocycles. The van der Waals surface area contributed by atoms with Gasteiger partial charge in [0.1, 0.15) is 0 Å². The first-order chi connectivity index (χ1) is 25.7. The maximum absolute atomic E-state index is 12.3. The van der Waals surface area contributed by atoms with Crippen molar-refractivity contribution in [1.29, 1.82) is 0 Å². The van der Waals surface area contributed by atoms with Crippen molar-refractivity contribution in [3.05, 3.63) is 48.6 Å². The highest BCUT2D eigenvalue weighted by molar-refractivity contribution is 5.88. The minimum Gasteiger partial charge on any atom is -0.396 e. The standard InChI is InChI=1S/C47H87NO4/c1-2-3-4-5-6-7-8-9-23-26-29-32-35-38-41-46(51)45(44-50)48-47(52)42-39-36-33-30-27-24-21-19-17-15-13-11-10-12-14-16-18-20-22-25-28-31-34-37-40-43-49/h27,30,33,36,38-39,41-42,45-46,49-51H,2-26,28-29,31-32,34-35,37,40,43-44H2,1H3,(H,48,52). The van der Waals surface area contributed by atoms with Gasteiger partial charge in [0.15, 0.2) is 0 Å². The van der Waals surface area contributed by atoms with Gasteiger partial charge >= 0.3 is 0 Å². The van der Waals surface area contributed by atoms with Crippen LogP contribution in [0.1, 0.15) is 219 Å². The van der Waals surface area contributed by atoms with Gasteiger partial charge in [-0.15, -0.1) is 0 Å². The Bertz CT molecular complexity index is 835. The van der Waals surface area contributed by atoms with Gasteiger partial charge < -0.3 is 20.6 Å². The summed E-state index contributed by atoms with van der Waals surface area (Å²) in [6.07, 6.45) is 57.2. The molecule has 0 saturated heterocycles. The molecule has 4 N–H and O–H groups in total. The Hall–Kier alpha value is -1.69. The van der Waals surface area contributed by atoms with Gasteiger partial charge in [-0.1, -0.05) is 229 Å². The zero-order valence-corrected chi connectivity index (χ0v) is 34.3. The van der Waals surface area contributed by atoms with Crippen molar-refractivity contribution in [2.75, 3.05) is 13.2 Å². The van der Waals surface area contributed by atoms with Crippen LogP contribution in [0.4, 0.5) is 0 Å². The molecule has 1 amide bonds. The van der Waals surface area contributed by atoms with Crippen molar-refractivity contribution in [3.8, 4) is 0 Å².